The van der Waals surface area contributed by atoms with Crippen LogP contribution in [0.2, 0.25) is 5.02 Å². The number of hydrogen-bond acceptors (Lipinski definition) is 2. The lowest BCUT2D eigenvalue weighted by atomic mass is 9.97. The van der Waals surface area contributed by atoms with Gasteiger partial charge in [-0.2, -0.15) is 0 Å². The fourth-order valence-corrected chi connectivity index (χ4v) is 2.89. The Morgan fingerprint density at radius 3 is 2.33 bits per heavy atom. The van der Waals surface area contributed by atoms with Gasteiger partial charge >= 0.3 is 0 Å². The molecule has 0 spiro atoms. The van der Waals surface area contributed by atoms with Crippen LogP contribution >= 0.6 is 11.6 Å². The Balaban J connectivity index is 2.26. The van der Waals surface area contributed by atoms with E-state index in [1.807, 2.05) is 42.5 Å². The Bertz CT molecular complexity index is 798. The quantitative estimate of drug-likeness (QED) is 0.765. The number of fused-ring (bicyclic) bond motifs is 1. The predicted molar refractivity (Wildman–Crippen MR) is 88.8 cm³/mol. The summed E-state index contributed by atoms with van der Waals surface area (Å²) in [6.07, 6.45) is 0. The molecule has 0 heterocycles. The second-order valence-corrected chi connectivity index (χ2v) is 5.29. The van der Waals surface area contributed by atoms with Crippen LogP contribution < -0.4 is 10.5 Å². The summed E-state index contributed by atoms with van der Waals surface area (Å²) >= 11 is 6.43. The van der Waals surface area contributed by atoms with Crippen molar-refractivity contribution < 1.29 is 4.74 Å². The number of halogens is 1. The predicted octanol–water partition coefficient (Wildman–Crippen LogP) is 4.63. The summed E-state index contributed by atoms with van der Waals surface area (Å²) in [5, 5.41) is 2.92. The second kappa shape index (κ2) is 5.76. The zero-order valence-electron chi connectivity index (χ0n) is 11.8. The van der Waals surface area contributed by atoms with Crippen molar-refractivity contribution in [2.75, 3.05) is 7.11 Å². The molecule has 106 valence electrons. The lowest BCUT2D eigenvalue weighted by molar-refractivity contribution is 0.420. The monoisotopic (exact) mass is 297 g/mol. The van der Waals surface area contributed by atoms with Gasteiger partial charge in [0.15, 0.2) is 0 Å². The molecule has 3 aromatic carbocycles. The van der Waals surface area contributed by atoms with Gasteiger partial charge in [0, 0.05) is 22.5 Å². The summed E-state index contributed by atoms with van der Waals surface area (Å²) in [5.74, 6) is 0.865. The van der Waals surface area contributed by atoms with E-state index >= 15 is 0 Å². The fraction of sp³-hybridized carbons (Fsp3) is 0.111. The smallest absolute Gasteiger partial charge is 0.126 e. The summed E-state index contributed by atoms with van der Waals surface area (Å²) in [7, 11) is 1.68. The van der Waals surface area contributed by atoms with E-state index in [4.69, 9.17) is 22.1 Å². The zero-order chi connectivity index (χ0) is 14.8. The van der Waals surface area contributed by atoms with Gasteiger partial charge in [-0.1, -0.05) is 48.0 Å². The molecule has 2 nitrogen and oxygen atoms in total. The minimum atomic E-state index is 0.489. The van der Waals surface area contributed by atoms with Gasteiger partial charge in [-0.15, -0.1) is 0 Å². The Hall–Kier alpha value is -2.03. The van der Waals surface area contributed by atoms with Crippen molar-refractivity contribution in [1.82, 2.24) is 0 Å². The number of rotatable bonds is 3. The molecule has 0 atom stereocenters. The van der Waals surface area contributed by atoms with E-state index in [0.29, 0.717) is 11.6 Å². The highest BCUT2D eigenvalue weighted by molar-refractivity contribution is 6.33. The molecule has 2 N–H and O–H groups in total. The van der Waals surface area contributed by atoms with E-state index < -0.39 is 0 Å². The first-order chi connectivity index (χ1) is 10.2. The maximum Gasteiger partial charge on any atom is 0.126 e. The van der Waals surface area contributed by atoms with Crippen molar-refractivity contribution in [2.45, 2.75) is 6.54 Å². The van der Waals surface area contributed by atoms with Gasteiger partial charge < -0.3 is 10.5 Å². The van der Waals surface area contributed by atoms with E-state index in [1.165, 1.54) is 0 Å². The molecular weight excluding hydrogens is 282 g/mol. The summed E-state index contributed by atoms with van der Waals surface area (Å²) < 4.78 is 5.44. The maximum atomic E-state index is 6.43. The molecule has 0 radical (unpaired) electrons. The van der Waals surface area contributed by atoms with Crippen LogP contribution in [0.25, 0.3) is 21.9 Å². The topological polar surface area (TPSA) is 35.2 Å². The van der Waals surface area contributed by atoms with Gasteiger partial charge in [0.05, 0.1) is 7.11 Å². The third kappa shape index (κ3) is 2.48. The third-order valence-electron chi connectivity index (χ3n) is 3.66. The third-order valence-corrected chi connectivity index (χ3v) is 3.98. The van der Waals surface area contributed by atoms with Crippen molar-refractivity contribution in [1.29, 1.82) is 0 Å². The first-order valence-corrected chi connectivity index (χ1v) is 7.17. The molecule has 21 heavy (non-hydrogen) atoms. The largest absolute Gasteiger partial charge is 0.496 e. The van der Waals surface area contributed by atoms with E-state index in [0.717, 1.165) is 33.2 Å². The van der Waals surface area contributed by atoms with Crippen LogP contribution in [0.4, 0.5) is 0 Å². The molecule has 3 aromatic rings. The Kier molecular flexibility index (Phi) is 3.82. The molecule has 3 heteroatoms. The van der Waals surface area contributed by atoms with Crippen LogP contribution in [0.3, 0.4) is 0 Å². The first kappa shape index (κ1) is 13.9. The van der Waals surface area contributed by atoms with Gasteiger partial charge in [-0.05, 0) is 34.7 Å². The van der Waals surface area contributed by atoms with Crippen molar-refractivity contribution in [2.24, 2.45) is 5.73 Å². The second-order valence-electron chi connectivity index (χ2n) is 4.88. The highest BCUT2D eigenvalue weighted by Gasteiger charge is 2.10. The Labute approximate surface area is 129 Å². The van der Waals surface area contributed by atoms with Gasteiger partial charge in [0.1, 0.15) is 5.75 Å². The van der Waals surface area contributed by atoms with Gasteiger partial charge in [0.25, 0.3) is 0 Å². The van der Waals surface area contributed by atoms with Crippen LogP contribution in [0.5, 0.6) is 5.75 Å². The standard InChI is InChI=1S/C18H16ClNO/c1-21-18-9-8-14(13-4-2-3-5-16(13)18)15-7-6-12(11-20)10-17(15)19/h2-10H,11,20H2,1H3. The Morgan fingerprint density at radius 2 is 1.67 bits per heavy atom. The van der Waals surface area contributed by atoms with Crippen LogP contribution in [0.15, 0.2) is 54.6 Å². The Morgan fingerprint density at radius 1 is 0.952 bits per heavy atom. The van der Waals surface area contributed by atoms with E-state index in [-0.39, 0.29) is 0 Å². The van der Waals surface area contributed by atoms with E-state index in [1.54, 1.807) is 7.11 Å². The number of methoxy groups -OCH3 is 1. The normalized spacial score (nSPS) is 10.8. The maximum absolute atomic E-state index is 6.43. The highest BCUT2D eigenvalue weighted by Crippen LogP contribution is 2.37. The molecule has 0 aliphatic heterocycles. The first-order valence-electron chi connectivity index (χ1n) is 6.79. The molecular formula is C18H16ClNO. The minimum Gasteiger partial charge on any atom is -0.496 e. The zero-order valence-corrected chi connectivity index (χ0v) is 12.5. The molecule has 0 fully saturated rings. The summed E-state index contributed by atoms with van der Waals surface area (Å²) in [4.78, 5) is 0. The van der Waals surface area contributed by atoms with Crippen LogP contribution in [-0.2, 0) is 6.54 Å². The van der Waals surface area contributed by atoms with Gasteiger partial charge in [0.2, 0.25) is 0 Å². The average Bonchev–Trinajstić information content (AvgIpc) is 2.54. The molecule has 3 rings (SSSR count). The SMILES string of the molecule is COc1ccc(-c2ccc(CN)cc2Cl)c2ccccc12. The molecule has 0 saturated carbocycles. The molecule has 0 aromatic heterocycles. The summed E-state index contributed by atoms with van der Waals surface area (Å²) in [5.41, 5.74) is 8.79. The van der Waals surface area contributed by atoms with Crippen molar-refractivity contribution >= 4 is 22.4 Å². The molecule has 0 aliphatic carbocycles. The lowest BCUT2D eigenvalue weighted by Gasteiger charge is -2.12. The molecule has 0 amide bonds. The molecule has 0 bridgehead atoms. The summed E-state index contributed by atoms with van der Waals surface area (Å²) in [6.45, 7) is 0.489. The molecule has 0 unspecified atom stereocenters. The van der Waals surface area contributed by atoms with Crippen molar-refractivity contribution in [3.05, 3.63) is 65.2 Å². The number of benzene rings is 3. The van der Waals surface area contributed by atoms with E-state index in [2.05, 4.69) is 12.1 Å². The number of ether oxygens (including phenoxy) is 1. The van der Waals surface area contributed by atoms with Gasteiger partial charge in [-0.3, -0.25) is 0 Å². The van der Waals surface area contributed by atoms with E-state index in [9.17, 15) is 0 Å². The van der Waals surface area contributed by atoms with Crippen molar-refractivity contribution in [3.8, 4) is 16.9 Å². The lowest BCUT2D eigenvalue weighted by Crippen LogP contribution is -1.96. The van der Waals surface area contributed by atoms with Crippen LogP contribution in [-0.4, -0.2) is 7.11 Å². The van der Waals surface area contributed by atoms with Crippen LogP contribution in [0.1, 0.15) is 5.56 Å². The molecule has 0 aliphatic rings. The highest BCUT2D eigenvalue weighted by atomic mass is 35.5. The average molecular weight is 298 g/mol. The fourth-order valence-electron chi connectivity index (χ4n) is 2.59. The minimum absolute atomic E-state index is 0.489. The van der Waals surface area contributed by atoms with Crippen molar-refractivity contribution in [3.63, 3.8) is 0 Å². The summed E-state index contributed by atoms with van der Waals surface area (Å²) in [6, 6.07) is 18.2. The number of hydrogen-bond donors (Lipinski definition) is 1. The van der Waals surface area contributed by atoms with Gasteiger partial charge in [-0.25, -0.2) is 0 Å². The molecule has 0 saturated heterocycles. The number of nitrogens with two attached hydrogens (primary N) is 1. The van der Waals surface area contributed by atoms with Crippen LogP contribution in [0, 0.1) is 0 Å².